The summed E-state index contributed by atoms with van der Waals surface area (Å²) in [6, 6.07) is 0.412. The Kier molecular flexibility index (Phi) is 3.56. The molecule has 0 aliphatic heterocycles. The van der Waals surface area contributed by atoms with E-state index in [1.54, 1.807) is 6.20 Å². The average molecular weight is 235 g/mol. The summed E-state index contributed by atoms with van der Waals surface area (Å²) >= 11 is 0. The standard InChI is InChI=1S/C12H17N3O2/c1-2-15(9-5-3-4-6-9)11-10(12(16)17)13-7-8-14-11/h7-9H,2-6H2,1H3,(H,16,17). The van der Waals surface area contributed by atoms with Gasteiger partial charge in [-0.15, -0.1) is 0 Å². The first-order chi connectivity index (χ1) is 8.24. The van der Waals surface area contributed by atoms with Gasteiger partial charge < -0.3 is 10.0 Å². The number of nitrogens with zero attached hydrogens (tertiary/aromatic N) is 3. The summed E-state index contributed by atoms with van der Waals surface area (Å²) in [6.45, 7) is 2.79. The zero-order valence-electron chi connectivity index (χ0n) is 9.96. The lowest BCUT2D eigenvalue weighted by molar-refractivity contribution is 0.0690. The zero-order valence-corrected chi connectivity index (χ0v) is 9.96. The number of carbonyl (C=O) groups is 1. The highest BCUT2D eigenvalue weighted by molar-refractivity contribution is 5.91. The van der Waals surface area contributed by atoms with Gasteiger partial charge in [-0.25, -0.2) is 14.8 Å². The van der Waals surface area contributed by atoms with Crippen LogP contribution in [0.5, 0.6) is 0 Å². The summed E-state index contributed by atoms with van der Waals surface area (Å²) < 4.78 is 0. The molecule has 5 heteroatoms. The Hall–Kier alpha value is -1.65. The fraction of sp³-hybridized carbons (Fsp3) is 0.583. The van der Waals surface area contributed by atoms with Gasteiger partial charge in [0.1, 0.15) is 0 Å². The van der Waals surface area contributed by atoms with Crippen LogP contribution >= 0.6 is 0 Å². The van der Waals surface area contributed by atoms with Crippen molar-refractivity contribution in [3.63, 3.8) is 0 Å². The average Bonchev–Trinajstić information content (AvgIpc) is 2.84. The molecule has 1 N–H and O–H groups in total. The van der Waals surface area contributed by atoms with Crippen LogP contribution in [0, 0.1) is 0 Å². The van der Waals surface area contributed by atoms with Crippen LogP contribution in [0.25, 0.3) is 0 Å². The van der Waals surface area contributed by atoms with E-state index in [0.29, 0.717) is 11.9 Å². The lowest BCUT2D eigenvalue weighted by atomic mass is 10.2. The minimum absolute atomic E-state index is 0.0567. The highest BCUT2D eigenvalue weighted by atomic mass is 16.4. The van der Waals surface area contributed by atoms with E-state index in [-0.39, 0.29) is 5.69 Å². The van der Waals surface area contributed by atoms with Crippen molar-refractivity contribution in [1.82, 2.24) is 9.97 Å². The molecule has 1 fully saturated rings. The van der Waals surface area contributed by atoms with Gasteiger partial charge in [-0.1, -0.05) is 12.8 Å². The molecule has 0 spiro atoms. The maximum Gasteiger partial charge on any atom is 0.358 e. The number of hydrogen-bond donors (Lipinski definition) is 1. The number of carboxylic acids is 1. The summed E-state index contributed by atoms with van der Waals surface area (Å²) in [6.07, 6.45) is 7.63. The van der Waals surface area contributed by atoms with E-state index in [9.17, 15) is 4.79 Å². The molecule has 5 nitrogen and oxygen atoms in total. The van der Waals surface area contributed by atoms with Crippen LogP contribution in [0.2, 0.25) is 0 Å². The maximum absolute atomic E-state index is 11.1. The molecule has 92 valence electrons. The molecule has 1 aliphatic rings. The Bertz CT molecular complexity index is 402. The quantitative estimate of drug-likeness (QED) is 0.863. The summed E-state index contributed by atoms with van der Waals surface area (Å²) in [5.41, 5.74) is 0.0567. The molecule has 0 unspecified atom stereocenters. The first-order valence-corrected chi connectivity index (χ1v) is 6.05. The van der Waals surface area contributed by atoms with Gasteiger partial charge in [0, 0.05) is 25.0 Å². The molecule has 17 heavy (non-hydrogen) atoms. The third-order valence-electron chi connectivity index (χ3n) is 3.26. The molecule has 2 rings (SSSR count). The third-order valence-corrected chi connectivity index (χ3v) is 3.26. The second-order valence-electron chi connectivity index (χ2n) is 4.26. The molecule has 1 aromatic heterocycles. The first kappa shape index (κ1) is 11.8. The van der Waals surface area contributed by atoms with Crippen LogP contribution in [0.15, 0.2) is 12.4 Å². The Balaban J connectivity index is 2.32. The van der Waals surface area contributed by atoms with Crippen molar-refractivity contribution < 1.29 is 9.90 Å². The molecule has 0 aromatic carbocycles. The van der Waals surface area contributed by atoms with Gasteiger partial charge in [-0.3, -0.25) is 0 Å². The molecule has 1 aromatic rings. The van der Waals surface area contributed by atoms with E-state index >= 15 is 0 Å². The molecular formula is C12H17N3O2. The van der Waals surface area contributed by atoms with E-state index in [1.807, 2.05) is 6.92 Å². The van der Waals surface area contributed by atoms with Gasteiger partial charge >= 0.3 is 5.97 Å². The molecular weight excluding hydrogens is 218 g/mol. The molecule has 0 atom stereocenters. The molecule has 0 bridgehead atoms. The van der Waals surface area contributed by atoms with Crippen LogP contribution in [0.3, 0.4) is 0 Å². The van der Waals surface area contributed by atoms with E-state index in [4.69, 9.17) is 5.11 Å². The summed E-state index contributed by atoms with van der Waals surface area (Å²) in [7, 11) is 0. The number of anilines is 1. The third kappa shape index (κ3) is 2.38. The van der Waals surface area contributed by atoms with Crippen molar-refractivity contribution in [1.29, 1.82) is 0 Å². The number of aromatic nitrogens is 2. The Morgan fingerprint density at radius 3 is 2.65 bits per heavy atom. The Labute approximate surface area is 100 Å². The largest absolute Gasteiger partial charge is 0.476 e. The fourth-order valence-corrected chi connectivity index (χ4v) is 2.49. The number of aromatic carboxylic acids is 1. The normalized spacial score (nSPS) is 16.1. The molecule has 0 radical (unpaired) electrons. The predicted octanol–water partition coefficient (Wildman–Crippen LogP) is 1.94. The van der Waals surface area contributed by atoms with Crippen LogP contribution in [-0.2, 0) is 0 Å². The van der Waals surface area contributed by atoms with Gasteiger partial charge in [-0.2, -0.15) is 0 Å². The van der Waals surface area contributed by atoms with Crippen LogP contribution in [0.1, 0.15) is 43.1 Å². The van der Waals surface area contributed by atoms with Crippen molar-refractivity contribution in [3.8, 4) is 0 Å². The number of hydrogen-bond acceptors (Lipinski definition) is 4. The minimum atomic E-state index is -1.01. The van der Waals surface area contributed by atoms with Gasteiger partial charge in [-0.05, 0) is 19.8 Å². The maximum atomic E-state index is 11.1. The van der Waals surface area contributed by atoms with Crippen LogP contribution in [0.4, 0.5) is 5.82 Å². The van der Waals surface area contributed by atoms with E-state index in [2.05, 4.69) is 14.9 Å². The lowest BCUT2D eigenvalue weighted by Gasteiger charge is -2.29. The smallest absolute Gasteiger partial charge is 0.358 e. The minimum Gasteiger partial charge on any atom is -0.476 e. The summed E-state index contributed by atoms with van der Waals surface area (Å²) in [5, 5.41) is 9.12. The Morgan fingerprint density at radius 2 is 2.06 bits per heavy atom. The van der Waals surface area contributed by atoms with Crippen LogP contribution < -0.4 is 4.90 Å². The predicted molar refractivity (Wildman–Crippen MR) is 64.3 cm³/mol. The van der Waals surface area contributed by atoms with Crippen molar-refractivity contribution >= 4 is 11.8 Å². The van der Waals surface area contributed by atoms with Gasteiger partial charge in [0.05, 0.1) is 0 Å². The Morgan fingerprint density at radius 1 is 1.41 bits per heavy atom. The van der Waals surface area contributed by atoms with E-state index in [0.717, 1.165) is 19.4 Å². The summed E-state index contributed by atoms with van der Waals surface area (Å²) in [5.74, 6) is -0.501. The second-order valence-corrected chi connectivity index (χ2v) is 4.26. The van der Waals surface area contributed by atoms with Crippen LogP contribution in [-0.4, -0.2) is 33.6 Å². The molecule has 1 aliphatic carbocycles. The van der Waals surface area contributed by atoms with Crippen molar-refractivity contribution in [2.45, 2.75) is 38.6 Å². The monoisotopic (exact) mass is 235 g/mol. The SMILES string of the molecule is CCN(c1nccnc1C(=O)O)C1CCCC1. The van der Waals surface area contributed by atoms with Gasteiger partial charge in [0.25, 0.3) is 0 Å². The van der Waals surface area contributed by atoms with Gasteiger partial charge in [0.15, 0.2) is 11.5 Å². The second kappa shape index (κ2) is 5.12. The first-order valence-electron chi connectivity index (χ1n) is 6.05. The lowest BCUT2D eigenvalue weighted by Crippen LogP contribution is -2.35. The summed E-state index contributed by atoms with van der Waals surface area (Å²) in [4.78, 5) is 21.3. The van der Waals surface area contributed by atoms with E-state index in [1.165, 1.54) is 19.0 Å². The molecule has 0 saturated heterocycles. The molecule has 1 saturated carbocycles. The zero-order chi connectivity index (χ0) is 12.3. The van der Waals surface area contributed by atoms with Crippen molar-refractivity contribution in [2.24, 2.45) is 0 Å². The highest BCUT2D eigenvalue weighted by Crippen LogP contribution is 2.28. The molecule has 0 amide bonds. The van der Waals surface area contributed by atoms with Crippen molar-refractivity contribution in [2.75, 3.05) is 11.4 Å². The fourth-order valence-electron chi connectivity index (χ4n) is 2.49. The van der Waals surface area contributed by atoms with Crippen molar-refractivity contribution in [3.05, 3.63) is 18.1 Å². The number of carboxylic acid groups (broad SMARTS) is 1. The number of rotatable bonds is 4. The van der Waals surface area contributed by atoms with E-state index < -0.39 is 5.97 Å². The topological polar surface area (TPSA) is 66.3 Å². The highest BCUT2D eigenvalue weighted by Gasteiger charge is 2.26. The van der Waals surface area contributed by atoms with Gasteiger partial charge in [0.2, 0.25) is 0 Å². The molecule has 1 heterocycles.